The normalized spacial score (nSPS) is 20.0. The lowest BCUT2D eigenvalue weighted by Gasteiger charge is -2.32. The number of carbonyl (C=O) groups is 1. The maximum absolute atomic E-state index is 11.7. The number of nitrogens with one attached hydrogen (secondary N) is 1. The Balaban J connectivity index is 2.15. The molecule has 1 aliphatic heterocycles. The van der Waals surface area contributed by atoms with Crippen LogP contribution in [0.5, 0.6) is 0 Å². The second-order valence-electron chi connectivity index (χ2n) is 6.41. The van der Waals surface area contributed by atoms with Crippen molar-refractivity contribution in [1.82, 2.24) is 4.72 Å². The van der Waals surface area contributed by atoms with Gasteiger partial charge in [-0.1, -0.05) is 12.1 Å². The first-order valence-electron chi connectivity index (χ1n) is 6.89. The monoisotopic (exact) mass is 325 g/mol. The number of amides is 1. The maximum Gasteiger partial charge on any atom is 0.494 e. The van der Waals surface area contributed by atoms with Crippen LogP contribution in [0.4, 0.5) is 0 Å². The fourth-order valence-electron chi connectivity index (χ4n) is 2.00. The lowest BCUT2D eigenvalue weighted by molar-refractivity contribution is 0.00578. The third-order valence-electron chi connectivity index (χ3n) is 3.98. The van der Waals surface area contributed by atoms with E-state index in [1.54, 1.807) is 24.3 Å². The van der Waals surface area contributed by atoms with Crippen LogP contribution in [-0.4, -0.2) is 38.9 Å². The molecule has 0 spiro atoms. The van der Waals surface area contributed by atoms with Gasteiger partial charge in [0.2, 0.25) is 10.0 Å². The van der Waals surface area contributed by atoms with Crippen LogP contribution in [-0.2, 0) is 19.3 Å². The minimum absolute atomic E-state index is 0.255. The van der Waals surface area contributed by atoms with Crippen LogP contribution in [0, 0.1) is 0 Å². The molecule has 1 saturated heterocycles. The first-order chi connectivity index (χ1) is 9.91. The van der Waals surface area contributed by atoms with Gasteiger partial charge in [0.25, 0.3) is 5.91 Å². The topological polar surface area (TPSA) is 81.7 Å². The van der Waals surface area contributed by atoms with E-state index in [2.05, 4.69) is 0 Å². The third kappa shape index (κ3) is 3.51. The fourth-order valence-corrected chi connectivity index (χ4v) is 2.45. The molecule has 2 rings (SSSR count). The van der Waals surface area contributed by atoms with Gasteiger partial charge in [0.1, 0.15) is 0 Å². The van der Waals surface area contributed by atoms with Crippen molar-refractivity contribution in [3.8, 4) is 0 Å². The van der Waals surface area contributed by atoms with Gasteiger partial charge in [-0.05, 0) is 45.3 Å². The van der Waals surface area contributed by atoms with Crippen molar-refractivity contribution in [2.45, 2.75) is 38.9 Å². The molecule has 1 aromatic rings. The van der Waals surface area contributed by atoms with E-state index in [0.717, 1.165) is 11.7 Å². The van der Waals surface area contributed by atoms with Crippen molar-refractivity contribution < 1.29 is 22.5 Å². The number of sulfonamides is 1. The van der Waals surface area contributed by atoms with E-state index in [1.807, 2.05) is 32.4 Å². The highest BCUT2D eigenvalue weighted by molar-refractivity contribution is 7.89. The van der Waals surface area contributed by atoms with Crippen molar-refractivity contribution in [3.05, 3.63) is 29.8 Å². The van der Waals surface area contributed by atoms with Crippen LogP contribution in [0.25, 0.3) is 0 Å². The first-order valence-corrected chi connectivity index (χ1v) is 8.78. The summed E-state index contributed by atoms with van der Waals surface area (Å²) in [6, 6.07) is 6.47. The van der Waals surface area contributed by atoms with Crippen LogP contribution >= 0.6 is 0 Å². The average molecular weight is 325 g/mol. The highest BCUT2D eigenvalue weighted by atomic mass is 32.2. The number of hydrogen-bond donors (Lipinski definition) is 1. The standard InChI is InChI=1S/C14H20BNO5S/c1-13(2)14(3,4)21-15(20-13)11-8-6-10(7-9-11)12(17)16-22(5,18)19/h6-9H,1-5H3,(H,16,17). The zero-order chi connectivity index (χ0) is 16.8. The summed E-state index contributed by atoms with van der Waals surface area (Å²) in [5.41, 5.74) is 0.147. The molecular weight excluding hydrogens is 305 g/mol. The van der Waals surface area contributed by atoms with E-state index >= 15 is 0 Å². The molecular formula is C14H20BNO5S. The lowest BCUT2D eigenvalue weighted by Crippen LogP contribution is -2.41. The van der Waals surface area contributed by atoms with Crippen molar-refractivity contribution >= 4 is 28.5 Å². The summed E-state index contributed by atoms with van der Waals surface area (Å²) < 4.78 is 35.9. The molecule has 0 atom stereocenters. The molecule has 1 heterocycles. The fraction of sp³-hybridized carbons (Fsp3) is 0.500. The molecule has 6 nitrogen and oxygen atoms in total. The van der Waals surface area contributed by atoms with Crippen molar-refractivity contribution in [1.29, 1.82) is 0 Å². The number of rotatable bonds is 3. The minimum atomic E-state index is -3.58. The summed E-state index contributed by atoms with van der Waals surface area (Å²) in [5, 5.41) is 0. The van der Waals surface area contributed by atoms with Gasteiger partial charge in [-0.15, -0.1) is 0 Å². The zero-order valence-corrected chi connectivity index (χ0v) is 14.2. The van der Waals surface area contributed by atoms with Crippen molar-refractivity contribution in [2.75, 3.05) is 6.26 Å². The Bertz CT molecular complexity index is 666. The second-order valence-corrected chi connectivity index (χ2v) is 8.16. The smallest absolute Gasteiger partial charge is 0.399 e. The predicted molar refractivity (Wildman–Crippen MR) is 84.5 cm³/mol. The lowest BCUT2D eigenvalue weighted by atomic mass is 9.79. The van der Waals surface area contributed by atoms with E-state index < -0.39 is 34.3 Å². The molecule has 1 amide bonds. The van der Waals surface area contributed by atoms with E-state index in [4.69, 9.17) is 9.31 Å². The molecule has 8 heteroatoms. The summed E-state index contributed by atoms with van der Waals surface area (Å²) in [4.78, 5) is 11.7. The molecule has 0 bridgehead atoms. The highest BCUT2D eigenvalue weighted by Gasteiger charge is 2.51. The summed E-state index contributed by atoms with van der Waals surface area (Å²) in [7, 11) is -4.09. The summed E-state index contributed by atoms with van der Waals surface area (Å²) in [6.45, 7) is 7.84. The van der Waals surface area contributed by atoms with Crippen molar-refractivity contribution in [2.24, 2.45) is 0 Å². The molecule has 0 radical (unpaired) electrons. The molecule has 0 unspecified atom stereocenters. The Morgan fingerprint density at radius 1 is 1.05 bits per heavy atom. The molecule has 120 valence electrons. The quantitative estimate of drug-likeness (QED) is 0.827. The Morgan fingerprint density at radius 3 is 1.91 bits per heavy atom. The van der Waals surface area contributed by atoms with Crippen LogP contribution < -0.4 is 10.2 Å². The summed E-state index contributed by atoms with van der Waals surface area (Å²) in [5.74, 6) is -0.664. The predicted octanol–water partition coefficient (Wildman–Crippen LogP) is 0.675. The van der Waals surface area contributed by atoms with Gasteiger partial charge < -0.3 is 9.31 Å². The second kappa shape index (κ2) is 5.36. The summed E-state index contributed by atoms with van der Waals surface area (Å²) in [6.07, 6.45) is 0.934. The molecule has 1 fully saturated rings. The summed E-state index contributed by atoms with van der Waals surface area (Å²) >= 11 is 0. The maximum atomic E-state index is 11.7. The first kappa shape index (κ1) is 17.0. The highest BCUT2D eigenvalue weighted by Crippen LogP contribution is 2.36. The van der Waals surface area contributed by atoms with Gasteiger partial charge in [0, 0.05) is 5.56 Å². The van der Waals surface area contributed by atoms with Gasteiger partial charge in [0.05, 0.1) is 17.5 Å². The Labute approximate surface area is 131 Å². The molecule has 1 aliphatic rings. The van der Waals surface area contributed by atoms with Gasteiger partial charge in [-0.25, -0.2) is 13.1 Å². The largest absolute Gasteiger partial charge is 0.494 e. The molecule has 1 N–H and O–H groups in total. The molecule has 22 heavy (non-hydrogen) atoms. The van der Waals surface area contributed by atoms with Gasteiger partial charge >= 0.3 is 7.12 Å². The van der Waals surface area contributed by atoms with Crippen LogP contribution in [0.3, 0.4) is 0 Å². The van der Waals surface area contributed by atoms with E-state index in [9.17, 15) is 13.2 Å². The molecule has 0 saturated carbocycles. The number of hydrogen-bond acceptors (Lipinski definition) is 5. The molecule has 0 aliphatic carbocycles. The van der Waals surface area contributed by atoms with Gasteiger partial charge in [-0.3, -0.25) is 4.79 Å². The average Bonchev–Trinajstić information content (AvgIpc) is 2.56. The number of benzene rings is 1. The minimum Gasteiger partial charge on any atom is -0.399 e. The Hall–Kier alpha value is -1.38. The van der Waals surface area contributed by atoms with Crippen LogP contribution in [0.2, 0.25) is 0 Å². The van der Waals surface area contributed by atoms with Gasteiger partial charge in [-0.2, -0.15) is 0 Å². The van der Waals surface area contributed by atoms with Crippen LogP contribution in [0.15, 0.2) is 24.3 Å². The number of carbonyl (C=O) groups excluding carboxylic acids is 1. The van der Waals surface area contributed by atoms with Gasteiger partial charge in [0.15, 0.2) is 0 Å². The van der Waals surface area contributed by atoms with Crippen molar-refractivity contribution in [3.63, 3.8) is 0 Å². The zero-order valence-electron chi connectivity index (χ0n) is 13.3. The van der Waals surface area contributed by atoms with E-state index in [1.165, 1.54) is 0 Å². The van der Waals surface area contributed by atoms with E-state index in [-0.39, 0.29) is 5.56 Å². The third-order valence-corrected chi connectivity index (χ3v) is 4.53. The SMILES string of the molecule is CC1(C)OB(c2ccc(C(=O)NS(C)(=O)=O)cc2)OC1(C)C. The van der Waals surface area contributed by atoms with E-state index in [0.29, 0.717) is 0 Å². The van der Waals surface area contributed by atoms with Crippen LogP contribution in [0.1, 0.15) is 38.1 Å². The Kier molecular flexibility index (Phi) is 4.14. The Morgan fingerprint density at radius 2 is 1.50 bits per heavy atom. The molecule has 1 aromatic carbocycles. The molecule has 0 aromatic heterocycles.